The lowest BCUT2D eigenvalue weighted by Gasteiger charge is -2.32. The molecule has 0 radical (unpaired) electrons. The third-order valence-corrected chi connectivity index (χ3v) is 4.14. The van der Waals surface area contributed by atoms with Crippen molar-refractivity contribution in [2.75, 3.05) is 13.2 Å². The summed E-state index contributed by atoms with van der Waals surface area (Å²) in [7, 11) is 0. The Morgan fingerprint density at radius 1 is 1.45 bits per heavy atom. The topological polar surface area (TPSA) is 21.3 Å². The van der Waals surface area contributed by atoms with E-state index in [0.29, 0.717) is 10.6 Å². The predicted octanol–water partition coefficient (Wildman–Crippen LogP) is 4.40. The Hall–Kier alpha value is -0.640. The quantitative estimate of drug-likeness (QED) is 0.870. The second-order valence-corrected chi connectivity index (χ2v) is 5.87. The van der Waals surface area contributed by atoms with Gasteiger partial charge >= 0.3 is 0 Å². The Kier molecular flexibility index (Phi) is 5.82. The third kappa shape index (κ3) is 3.72. The molecule has 0 saturated carbocycles. The van der Waals surface area contributed by atoms with Crippen LogP contribution in [0.25, 0.3) is 0 Å². The first-order chi connectivity index (χ1) is 9.63. The van der Waals surface area contributed by atoms with Gasteiger partial charge in [0.1, 0.15) is 5.82 Å². The molecule has 1 aromatic rings. The fraction of sp³-hybridized carbons (Fsp3) is 0.625. The minimum Gasteiger partial charge on any atom is -0.376 e. The first-order valence-electron chi connectivity index (χ1n) is 7.44. The lowest BCUT2D eigenvalue weighted by molar-refractivity contribution is -0.00815. The molecule has 1 aliphatic heterocycles. The standard InChI is InChI=1S/C16H23ClFNO/c1-3-7-19-16(15-6-4-5-8-20-15)12-9-11(2)14(18)10-13(12)17/h9-10,15-16,19H,3-8H2,1-2H3. The normalized spacial score (nSPS) is 20.9. The molecule has 1 heterocycles. The maximum absolute atomic E-state index is 13.6. The van der Waals surface area contributed by atoms with Crippen LogP contribution in [0.3, 0.4) is 0 Å². The van der Waals surface area contributed by atoms with Crippen LogP contribution in [0.5, 0.6) is 0 Å². The average molecular weight is 300 g/mol. The monoisotopic (exact) mass is 299 g/mol. The Labute approximate surface area is 125 Å². The summed E-state index contributed by atoms with van der Waals surface area (Å²) in [6, 6.07) is 3.31. The SMILES string of the molecule is CCCNC(c1cc(C)c(F)cc1Cl)C1CCCCO1. The number of nitrogens with one attached hydrogen (secondary N) is 1. The van der Waals surface area contributed by atoms with Crippen LogP contribution >= 0.6 is 11.6 Å². The summed E-state index contributed by atoms with van der Waals surface area (Å²) < 4.78 is 19.5. The van der Waals surface area contributed by atoms with E-state index >= 15 is 0 Å². The van der Waals surface area contributed by atoms with Crippen molar-refractivity contribution >= 4 is 11.6 Å². The zero-order chi connectivity index (χ0) is 14.5. The maximum atomic E-state index is 13.6. The molecular formula is C16H23ClFNO. The molecule has 2 unspecified atom stereocenters. The van der Waals surface area contributed by atoms with Crippen LogP contribution in [0.1, 0.15) is 49.8 Å². The minimum absolute atomic E-state index is 0.0436. The van der Waals surface area contributed by atoms with Gasteiger partial charge in [0, 0.05) is 11.6 Å². The van der Waals surface area contributed by atoms with E-state index in [1.54, 1.807) is 6.92 Å². The highest BCUT2D eigenvalue weighted by Crippen LogP contribution is 2.32. The van der Waals surface area contributed by atoms with Gasteiger partial charge in [-0.1, -0.05) is 24.6 Å². The molecule has 0 spiro atoms. The number of aryl methyl sites for hydroxylation is 1. The fourth-order valence-corrected chi connectivity index (χ4v) is 2.96. The second kappa shape index (κ2) is 7.39. The molecule has 1 N–H and O–H groups in total. The van der Waals surface area contributed by atoms with E-state index in [1.165, 1.54) is 12.5 Å². The van der Waals surface area contributed by atoms with Crippen molar-refractivity contribution in [2.24, 2.45) is 0 Å². The summed E-state index contributed by atoms with van der Waals surface area (Å²) in [6.45, 7) is 5.60. The molecular weight excluding hydrogens is 277 g/mol. The number of hydrogen-bond donors (Lipinski definition) is 1. The van der Waals surface area contributed by atoms with Crippen molar-refractivity contribution in [3.63, 3.8) is 0 Å². The van der Waals surface area contributed by atoms with E-state index in [4.69, 9.17) is 16.3 Å². The van der Waals surface area contributed by atoms with Gasteiger partial charge in [-0.05, 0) is 56.3 Å². The van der Waals surface area contributed by atoms with Gasteiger partial charge in [0.2, 0.25) is 0 Å². The van der Waals surface area contributed by atoms with Crippen molar-refractivity contribution in [1.29, 1.82) is 0 Å². The molecule has 0 amide bonds. The van der Waals surface area contributed by atoms with Crippen molar-refractivity contribution in [1.82, 2.24) is 5.32 Å². The molecule has 1 aliphatic rings. The number of hydrogen-bond acceptors (Lipinski definition) is 2. The Bertz CT molecular complexity index is 446. The van der Waals surface area contributed by atoms with Gasteiger partial charge in [-0.3, -0.25) is 0 Å². The smallest absolute Gasteiger partial charge is 0.127 e. The molecule has 0 bridgehead atoms. The molecule has 112 valence electrons. The predicted molar refractivity (Wildman–Crippen MR) is 80.8 cm³/mol. The van der Waals surface area contributed by atoms with Crippen LogP contribution in [-0.4, -0.2) is 19.3 Å². The molecule has 2 nitrogen and oxygen atoms in total. The number of ether oxygens (including phenoxy) is 1. The van der Waals surface area contributed by atoms with Crippen molar-refractivity contribution in [3.8, 4) is 0 Å². The van der Waals surface area contributed by atoms with Crippen LogP contribution < -0.4 is 5.32 Å². The third-order valence-electron chi connectivity index (χ3n) is 3.81. The molecule has 2 atom stereocenters. The summed E-state index contributed by atoms with van der Waals surface area (Å²) in [4.78, 5) is 0. The lowest BCUT2D eigenvalue weighted by Crippen LogP contribution is -2.36. The number of rotatable bonds is 5. The average Bonchev–Trinajstić information content (AvgIpc) is 2.45. The minimum atomic E-state index is -0.252. The van der Waals surface area contributed by atoms with Gasteiger partial charge in [-0.25, -0.2) is 4.39 Å². The van der Waals surface area contributed by atoms with Crippen LogP contribution in [0.15, 0.2) is 12.1 Å². The number of halogens is 2. The summed E-state index contributed by atoms with van der Waals surface area (Å²) in [5.74, 6) is -0.252. The zero-order valence-electron chi connectivity index (χ0n) is 12.2. The summed E-state index contributed by atoms with van der Waals surface area (Å²) in [6.07, 6.45) is 4.48. The van der Waals surface area contributed by atoms with E-state index < -0.39 is 0 Å². The Morgan fingerprint density at radius 3 is 2.90 bits per heavy atom. The van der Waals surface area contributed by atoms with Crippen molar-refractivity contribution < 1.29 is 9.13 Å². The van der Waals surface area contributed by atoms with E-state index in [0.717, 1.165) is 38.0 Å². The molecule has 1 aromatic carbocycles. The highest BCUT2D eigenvalue weighted by Gasteiger charge is 2.27. The first kappa shape index (κ1) is 15.7. The Balaban J connectivity index is 2.27. The molecule has 1 fully saturated rings. The van der Waals surface area contributed by atoms with E-state index in [9.17, 15) is 4.39 Å². The summed E-state index contributed by atoms with van der Waals surface area (Å²) >= 11 is 6.26. The van der Waals surface area contributed by atoms with E-state index in [-0.39, 0.29) is 18.0 Å². The molecule has 0 aromatic heterocycles. The fourth-order valence-electron chi connectivity index (χ4n) is 2.69. The van der Waals surface area contributed by atoms with Crippen LogP contribution in [0.4, 0.5) is 4.39 Å². The molecule has 1 saturated heterocycles. The van der Waals surface area contributed by atoms with Crippen LogP contribution in [-0.2, 0) is 4.74 Å². The number of benzene rings is 1. The van der Waals surface area contributed by atoms with Gasteiger partial charge in [0.05, 0.1) is 12.1 Å². The van der Waals surface area contributed by atoms with Crippen LogP contribution in [0, 0.1) is 12.7 Å². The van der Waals surface area contributed by atoms with Gasteiger partial charge in [-0.2, -0.15) is 0 Å². The van der Waals surface area contributed by atoms with Gasteiger partial charge in [0.25, 0.3) is 0 Å². The van der Waals surface area contributed by atoms with Crippen molar-refractivity contribution in [2.45, 2.75) is 51.7 Å². The van der Waals surface area contributed by atoms with Crippen LogP contribution in [0.2, 0.25) is 5.02 Å². The Morgan fingerprint density at radius 2 is 2.25 bits per heavy atom. The molecule has 2 rings (SSSR count). The summed E-state index contributed by atoms with van der Waals surface area (Å²) in [5.41, 5.74) is 1.58. The zero-order valence-corrected chi connectivity index (χ0v) is 13.0. The van der Waals surface area contributed by atoms with Gasteiger partial charge in [-0.15, -0.1) is 0 Å². The largest absolute Gasteiger partial charge is 0.376 e. The molecule has 0 aliphatic carbocycles. The molecule has 4 heteroatoms. The molecule has 20 heavy (non-hydrogen) atoms. The highest BCUT2D eigenvalue weighted by molar-refractivity contribution is 6.31. The van der Waals surface area contributed by atoms with E-state index in [2.05, 4.69) is 12.2 Å². The lowest BCUT2D eigenvalue weighted by atomic mass is 9.94. The van der Waals surface area contributed by atoms with Crippen molar-refractivity contribution in [3.05, 3.63) is 34.1 Å². The second-order valence-electron chi connectivity index (χ2n) is 5.46. The summed E-state index contributed by atoms with van der Waals surface area (Å²) in [5, 5.41) is 3.99. The first-order valence-corrected chi connectivity index (χ1v) is 7.81. The van der Waals surface area contributed by atoms with Gasteiger partial charge < -0.3 is 10.1 Å². The van der Waals surface area contributed by atoms with Gasteiger partial charge in [0.15, 0.2) is 0 Å². The maximum Gasteiger partial charge on any atom is 0.127 e. The van der Waals surface area contributed by atoms with E-state index in [1.807, 2.05) is 6.07 Å². The highest BCUT2D eigenvalue weighted by atomic mass is 35.5.